The Morgan fingerprint density at radius 2 is 1.84 bits per heavy atom. The van der Waals surface area contributed by atoms with Gasteiger partial charge in [-0.2, -0.15) is 0 Å². The van der Waals surface area contributed by atoms with Crippen molar-refractivity contribution < 1.29 is 4.79 Å². The molecule has 5 heteroatoms. The lowest BCUT2D eigenvalue weighted by Crippen LogP contribution is -2.39. The highest BCUT2D eigenvalue weighted by Gasteiger charge is 2.18. The number of fused-ring (bicyclic) bond motifs is 1. The van der Waals surface area contributed by atoms with Crippen molar-refractivity contribution in [3.63, 3.8) is 0 Å². The largest absolute Gasteiger partial charge is 0.311 e. The summed E-state index contributed by atoms with van der Waals surface area (Å²) in [6.45, 7) is 5.77. The van der Waals surface area contributed by atoms with Gasteiger partial charge in [0.1, 0.15) is 5.01 Å². The van der Waals surface area contributed by atoms with E-state index in [0.717, 1.165) is 21.8 Å². The number of carbonyl (C=O) groups excluding carboxylic acids is 1. The highest BCUT2D eigenvalue weighted by atomic mass is 32.1. The molecule has 25 heavy (non-hydrogen) atoms. The first-order valence-corrected chi connectivity index (χ1v) is 9.29. The third-order valence-electron chi connectivity index (χ3n) is 4.17. The van der Waals surface area contributed by atoms with Gasteiger partial charge in [-0.25, -0.2) is 4.98 Å². The fourth-order valence-corrected chi connectivity index (χ4v) is 3.99. The zero-order valence-electron chi connectivity index (χ0n) is 14.9. The number of para-hydroxylation sites is 2. The Labute approximate surface area is 152 Å². The van der Waals surface area contributed by atoms with E-state index in [1.54, 1.807) is 11.3 Å². The predicted molar refractivity (Wildman–Crippen MR) is 105 cm³/mol. The van der Waals surface area contributed by atoms with E-state index in [1.807, 2.05) is 73.2 Å². The lowest BCUT2D eigenvalue weighted by Gasteiger charge is -2.25. The topological polar surface area (TPSA) is 36.4 Å². The number of hydrogen-bond donors (Lipinski definition) is 0. The molecule has 3 aromatic rings. The van der Waals surface area contributed by atoms with Crippen LogP contribution in [0.2, 0.25) is 0 Å². The molecule has 0 unspecified atom stereocenters. The number of aryl methyl sites for hydroxylation is 1. The molecule has 2 aromatic carbocycles. The van der Waals surface area contributed by atoms with Crippen LogP contribution in [0.1, 0.15) is 17.5 Å². The van der Waals surface area contributed by atoms with Gasteiger partial charge < -0.3 is 4.90 Å². The van der Waals surface area contributed by atoms with Crippen molar-refractivity contribution in [1.82, 2.24) is 9.88 Å². The minimum Gasteiger partial charge on any atom is -0.311 e. The van der Waals surface area contributed by atoms with Gasteiger partial charge in [0.25, 0.3) is 0 Å². The minimum absolute atomic E-state index is 0.111. The fourth-order valence-electron chi connectivity index (χ4n) is 2.94. The van der Waals surface area contributed by atoms with Crippen molar-refractivity contribution in [1.29, 1.82) is 0 Å². The van der Waals surface area contributed by atoms with E-state index in [1.165, 1.54) is 4.70 Å². The smallest absolute Gasteiger partial charge is 0.241 e. The van der Waals surface area contributed by atoms with E-state index < -0.39 is 0 Å². The summed E-state index contributed by atoms with van der Waals surface area (Å²) in [7, 11) is 1.97. The molecule has 0 spiro atoms. The van der Waals surface area contributed by atoms with Crippen LogP contribution in [0.4, 0.5) is 5.69 Å². The van der Waals surface area contributed by atoms with E-state index >= 15 is 0 Å². The average Bonchev–Trinajstić information content (AvgIpc) is 2.99. The standard InChI is InChI=1S/C20H23N3OS/c1-4-23(17-11-7-5-9-15(17)2)20(24)14-22(3)13-19-21-16-10-6-8-12-18(16)25-19/h5-12H,4,13-14H2,1-3H3. The van der Waals surface area contributed by atoms with Gasteiger partial charge in [0.05, 0.1) is 23.3 Å². The summed E-state index contributed by atoms with van der Waals surface area (Å²) in [6, 6.07) is 16.1. The molecule has 0 aliphatic carbocycles. The maximum absolute atomic E-state index is 12.8. The Hall–Kier alpha value is -2.24. The molecule has 4 nitrogen and oxygen atoms in total. The number of thiazole rings is 1. The first-order chi connectivity index (χ1) is 12.1. The van der Waals surface area contributed by atoms with Crippen molar-refractivity contribution in [2.45, 2.75) is 20.4 Å². The molecule has 3 rings (SSSR count). The van der Waals surface area contributed by atoms with Crippen LogP contribution in [-0.4, -0.2) is 35.9 Å². The molecular formula is C20H23N3OS. The number of benzene rings is 2. The van der Waals surface area contributed by atoms with E-state index in [2.05, 4.69) is 11.1 Å². The summed E-state index contributed by atoms with van der Waals surface area (Å²) < 4.78 is 1.19. The summed E-state index contributed by atoms with van der Waals surface area (Å²) in [6.07, 6.45) is 0. The number of hydrogen-bond acceptors (Lipinski definition) is 4. The number of nitrogens with zero attached hydrogens (tertiary/aromatic N) is 3. The number of rotatable bonds is 6. The van der Waals surface area contributed by atoms with Crippen molar-refractivity contribution in [2.24, 2.45) is 0 Å². The van der Waals surface area contributed by atoms with Gasteiger partial charge in [-0.1, -0.05) is 30.3 Å². The third kappa shape index (κ3) is 4.06. The van der Waals surface area contributed by atoms with E-state index in [0.29, 0.717) is 19.6 Å². The summed E-state index contributed by atoms with van der Waals surface area (Å²) in [5.41, 5.74) is 3.13. The zero-order valence-corrected chi connectivity index (χ0v) is 15.7. The molecule has 0 saturated heterocycles. The summed E-state index contributed by atoms with van der Waals surface area (Å²) in [5, 5.41) is 1.04. The van der Waals surface area contributed by atoms with Gasteiger partial charge in [0.15, 0.2) is 0 Å². The van der Waals surface area contributed by atoms with Crippen LogP contribution in [0.25, 0.3) is 10.2 Å². The van der Waals surface area contributed by atoms with Crippen molar-refractivity contribution in [3.8, 4) is 0 Å². The van der Waals surface area contributed by atoms with Crippen LogP contribution in [0, 0.1) is 6.92 Å². The molecule has 0 N–H and O–H groups in total. The number of likely N-dealkylation sites (N-methyl/N-ethyl adjacent to an activating group) is 2. The summed E-state index contributed by atoms with van der Waals surface area (Å²) >= 11 is 1.69. The number of amides is 1. The fraction of sp³-hybridized carbons (Fsp3) is 0.300. The average molecular weight is 353 g/mol. The van der Waals surface area contributed by atoms with Gasteiger partial charge >= 0.3 is 0 Å². The van der Waals surface area contributed by atoms with Crippen molar-refractivity contribution in [2.75, 3.05) is 25.0 Å². The van der Waals surface area contributed by atoms with Crippen molar-refractivity contribution >= 4 is 33.1 Å². The quantitative estimate of drug-likeness (QED) is 0.670. The Balaban J connectivity index is 1.67. The third-order valence-corrected chi connectivity index (χ3v) is 5.19. The van der Waals surface area contributed by atoms with Crippen LogP contribution < -0.4 is 4.90 Å². The van der Waals surface area contributed by atoms with Gasteiger partial charge in [0.2, 0.25) is 5.91 Å². The maximum Gasteiger partial charge on any atom is 0.241 e. The molecule has 0 aliphatic rings. The molecule has 0 bridgehead atoms. The summed E-state index contributed by atoms with van der Waals surface area (Å²) in [5.74, 6) is 0.111. The number of anilines is 1. The monoisotopic (exact) mass is 353 g/mol. The van der Waals surface area contributed by atoms with Crippen LogP contribution in [0.15, 0.2) is 48.5 Å². The highest BCUT2D eigenvalue weighted by Crippen LogP contribution is 2.23. The molecule has 0 radical (unpaired) electrons. The molecule has 0 atom stereocenters. The van der Waals surface area contributed by atoms with Crippen LogP contribution in [0.5, 0.6) is 0 Å². The van der Waals surface area contributed by atoms with E-state index in [4.69, 9.17) is 0 Å². The van der Waals surface area contributed by atoms with Crippen LogP contribution in [-0.2, 0) is 11.3 Å². The zero-order chi connectivity index (χ0) is 17.8. The molecule has 1 heterocycles. The molecule has 0 fully saturated rings. The second-order valence-electron chi connectivity index (χ2n) is 6.17. The SMILES string of the molecule is CCN(C(=O)CN(C)Cc1nc2ccccc2s1)c1ccccc1C. The van der Waals surface area contributed by atoms with E-state index in [-0.39, 0.29) is 5.91 Å². The second-order valence-corrected chi connectivity index (χ2v) is 7.29. The van der Waals surface area contributed by atoms with Crippen molar-refractivity contribution in [3.05, 3.63) is 59.1 Å². The Morgan fingerprint density at radius 1 is 1.12 bits per heavy atom. The second kappa shape index (κ2) is 7.76. The molecule has 130 valence electrons. The Kier molecular flexibility index (Phi) is 5.46. The maximum atomic E-state index is 12.8. The van der Waals surface area contributed by atoms with Gasteiger partial charge in [-0.05, 0) is 44.7 Å². The van der Waals surface area contributed by atoms with Gasteiger partial charge in [-0.15, -0.1) is 11.3 Å². The minimum atomic E-state index is 0.111. The predicted octanol–water partition coefficient (Wildman–Crippen LogP) is 4.09. The van der Waals surface area contributed by atoms with E-state index in [9.17, 15) is 4.79 Å². The Morgan fingerprint density at radius 3 is 2.56 bits per heavy atom. The van der Waals surface area contributed by atoms with Crippen LogP contribution in [0.3, 0.4) is 0 Å². The Bertz CT molecular complexity index is 841. The van der Waals surface area contributed by atoms with Gasteiger partial charge in [-0.3, -0.25) is 9.69 Å². The number of carbonyl (C=O) groups is 1. The molecule has 1 amide bonds. The first kappa shape index (κ1) is 17.6. The molecule has 1 aromatic heterocycles. The molecule has 0 aliphatic heterocycles. The highest BCUT2D eigenvalue weighted by molar-refractivity contribution is 7.18. The first-order valence-electron chi connectivity index (χ1n) is 8.47. The summed E-state index contributed by atoms with van der Waals surface area (Å²) in [4.78, 5) is 21.3. The molecular weight excluding hydrogens is 330 g/mol. The lowest BCUT2D eigenvalue weighted by atomic mass is 10.2. The lowest BCUT2D eigenvalue weighted by molar-refractivity contribution is -0.119. The normalized spacial score (nSPS) is 11.2. The van der Waals surface area contributed by atoms with Crippen LogP contribution >= 0.6 is 11.3 Å². The molecule has 0 saturated carbocycles. The van der Waals surface area contributed by atoms with Gasteiger partial charge in [0, 0.05) is 12.2 Å². The number of aromatic nitrogens is 1.